The number of nitrogens with zero attached hydrogens (tertiary/aromatic N) is 4. The number of nitrogens with one attached hydrogen (secondary N) is 1. The summed E-state index contributed by atoms with van der Waals surface area (Å²) in [7, 11) is 2.20. The van der Waals surface area contributed by atoms with Gasteiger partial charge >= 0.3 is 0 Å². The fourth-order valence-corrected chi connectivity index (χ4v) is 4.73. The first-order valence-corrected chi connectivity index (χ1v) is 10.6. The number of hydrogen-bond acceptors (Lipinski definition) is 5. The molecule has 0 aliphatic carbocycles. The van der Waals surface area contributed by atoms with Crippen LogP contribution in [0.5, 0.6) is 0 Å². The highest BCUT2D eigenvalue weighted by molar-refractivity contribution is 5.62. The van der Waals surface area contributed by atoms with Crippen molar-refractivity contribution in [3.8, 4) is 11.3 Å². The van der Waals surface area contributed by atoms with Crippen LogP contribution < -0.4 is 0 Å². The van der Waals surface area contributed by atoms with Crippen molar-refractivity contribution < 1.29 is 9.50 Å². The van der Waals surface area contributed by atoms with Crippen molar-refractivity contribution in [1.82, 2.24) is 24.9 Å². The third-order valence-corrected chi connectivity index (χ3v) is 6.44. The molecule has 6 nitrogen and oxygen atoms in total. The van der Waals surface area contributed by atoms with Gasteiger partial charge in [0.05, 0.1) is 11.9 Å². The molecule has 0 amide bonds. The quantitative estimate of drug-likeness (QED) is 0.774. The van der Waals surface area contributed by atoms with Gasteiger partial charge in [0.25, 0.3) is 0 Å². The topological polar surface area (TPSA) is 58.6 Å². The fraction of sp³-hybridized carbons (Fsp3) is 0.591. The van der Waals surface area contributed by atoms with Crippen molar-refractivity contribution in [2.75, 3.05) is 59.5 Å². The maximum absolute atomic E-state index is 13.3. The Morgan fingerprint density at radius 1 is 1.07 bits per heavy atom. The third kappa shape index (κ3) is 5.04. The fourth-order valence-electron chi connectivity index (χ4n) is 4.73. The van der Waals surface area contributed by atoms with Crippen LogP contribution in [0.2, 0.25) is 0 Å². The van der Waals surface area contributed by atoms with E-state index in [1.54, 1.807) is 12.1 Å². The molecule has 2 N–H and O–H groups in total. The van der Waals surface area contributed by atoms with E-state index in [1.807, 2.05) is 6.20 Å². The van der Waals surface area contributed by atoms with E-state index in [0.717, 1.165) is 62.6 Å². The lowest BCUT2D eigenvalue weighted by Crippen LogP contribution is -2.36. The summed E-state index contributed by atoms with van der Waals surface area (Å²) >= 11 is 0. The highest BCUT2D eigenvalue weighted by atomic mass is 19.1. The molecule has 2 aliphatic heterocycles. The van der Waals surface area contributed by atoms with Crippen LogP contribution in [-0.4, -0.2) is 89.5 Å². The van der Waals surface area contributed by atoms with Crippen LogP contribution in [0, 0.1) is 17.7 Å². The number of aromatic nitrogens is 2. The molecular formula is C22H32FN5O. The normalized spacial score (nSPS) is 24.8. The van der Waals surface area contributed by atoms with Gasteiger partial charge in [-0.1, -0.05) is 0 Å². The average molecular weight is 402 g/mol. The summed E-state index contributed by atoms with van der Waals surface area (Å²) in [6.45, 7) is 8.54. The summed E-state index contributed by atoms with van der Waals surface area (Å²) in [6, 6.07) is 6.52. The second kappa shape index (κ2) is 9.34. The molecule has 7 heteroatoms. The summed E-state index contributed by atoms with van der Waals surface area (Å²) in [5.74, 6) is 0.574. The summed E-state index contributed by atoms with van der Waals surface area (Å²) in [5, 5.41) is 17.3. The lowest BCUT2D eigenvalue weighted by atomic mass is 9.96. The van der Waals surface area contributed by atoms with E-state index in [-0.39, 0.29) is 12.4 Å². The molecule has 158 valence electrons. The second-order valence-electron chi connectivity index (χ2n) is 8.63. The molecule has 2 aromatic rings. The first-order chi connectivity index (χ1) is 14.1. The van der Waals surface area contributed by atoms with E-state index in [2.05, 4.69) is 31.9 Å². The lowest BCUT2D eigenvalue weighted by Gasteiger charge is -2.26. The van der Waals surface area contributed by atoms with Gasteiger partial charge in [0, 0.05) is 57.0 Å². The first-order valence-electron chi connectivity index (χ1n) is 10.6. The van der Waals surface area contributed by atoms with E-state index in [1.165, 1.54) is 25.1 Å². The van der Waals surface area contributed by atoms with Gasteiger partial charge in [0.15, 0.2) is 0 Å². The predicted octanol–water partition coefficient (Wildman–Crippen LogP) is 1.89. The number of likely N-dealkylation sites (tertiary alicyclic amines) is 1. The van der Waals surface area contributed by atoms with Gasteiger partial charge in [-0.3, -0.25) is 10.00 Å². The standard InChI is InChI=1S/C22H32FN5O/c1-26-7-2-8-27(10-9-26)13-19-14-28(15-20(19)16-29)12-18-11-24-25-22(18)17-3-5-21(23)6-4-17/h3-6,11,19-20,29H,2,7-10,12-16H2,1H3,(H,24,25). The molecule has 0 radical (unpaired) electrons. The smallest absolute Gasteiger partial charge is 0.123 e. The summed E-state index contributed by atoms with van der Waals surface area (Å²) in [6.07, 6.45) is 3.08. The van der Waals surface area contributed by atoms with Crippen LogP contribution in [0.4, 0.5) is 4.39 Å². The van der Waals surface area contributed by atoms with Gasteiger partial charge < -0.3 is 14.9 Å². The number of aromatic amines is 1. The minimum atomic E-state index is -0.234. The van der Waals surface area contributed by atoms with Crippen molar-refractivity contribution in [2.45, 2.75) is 13.0 Å². The Morgan fingerprint density at radius 3 is 2.66 bits per heavy atom. The van der Waals surface area contributed by atoms with E-state index < -0.39 is 0 Å². The molecule has 3 heterocycles. The van der Waals surface area contributed by atoms with Crippen LogP contribution in [0.3, 0.4) is 0 Å². The van der Waals surface area contributed by atoms with Gasteiger partial charge in [0.1, 0.15) is 5.82 Å². The zero-order chi connectivity index (χ0) is 20.2. The Labute approximate surface area is 172 Å². The number of likely N-dealkylation sites (N-methyl/N-ethyl adjacent to an activating group) is 1. The van der Waals surface area contributed by atoms with Crippen LogP contribution >= 0.6 is 0 Å². The van der Waals surface area contributed by atoms with E-state index in [0.29, 0.717) is 11.8 Å². The first kappa shape index (κ1) is 20.5. The zero-order valence-electron chi connectivity index (χ0n) is 17.2. The van der Waals surface area contributed by atoms with Crippen molar-refractivity contribution in [3.63, 3.8) is 0 Å². The molecule has 0 bridgehead atoms. The van der Waals surface area contributed by atoms with E-state index >= 15 is 0 Å². The summed E-state index contributed by atoms with van der Waals surface area (Å²) < 4.78 is 13.3. The van der Waals surface area contributed by atoms with Gasteiger partial charge in [-0.15, -0.1) is 0 Å². The van der Waals surface area contributed by atoms with Crippen molar-refractivity contribution >= 4 is 0 Å². The maximum Gasteiger partial charge on any atom is 0.123 e. The number of hydrogen-bond donors (Lipinski definition) is 2. The molecule has 2 aliphatic rings. The lowest BCUT2D eigenvalue weighted by molar-refractivity contribution is 0.165. The molecule has 2 saturated heterocycles. The van der Waals surface area contributed by atoms with Gasteiger partial charge in [-0.05, 0) is 62.7 Å². The molecular weight excluding hydrogens is 369 g/mol. The average Bonchev–Trinajstić information content (AvgIpc) is 3.27. The molecule has 2 atom stereocenters. The highest BCUT2D eigenvalue weighted by Gasteiger charge is 2.34. The molecule has 2 unspecified atom stereocenters. The van der Waals surface area contributed by atoms with Gasteiger partial charge in [-0.2, -0.15) is 5.10 Å². The Balaban J connectivity index is 1.39. The van der Waals surface area contributed by atoms with E-state index in [9.17, 15) is 9.50 Å². The van der Waals surface area contributed by atoms with Crippen molar-refractivity contribution in [1.29, 1.82) is 0 Å². The number of halogens is 1. The minimum Gasteiger partial charge on any atom is -0.396 e. The molecule has 0 spiro atoms. The predicted molar refractivity (Wildman–Crippen MR) is 112 cm³/mol. The van der Waals surface area contributed by atoms with Crippen molar-refractivity contribution in [3.05, 3.63) is 41.8 Å². The van der Waals surface area contributed by atoms with Gasteiger partial charge in [-0.25, -0.2) is 4.39 Å². The summed E-state index contributed by atoms with van der Waals surface area (Å²) in [5.41, 5.74) is 3.01. The van der Waals surface area contributed by atoms with Crippen LogP contribution in [0.15, 0.2) is 30.5 Å². The SMILES string of the molecule is CN1CCCN(CC2CN(Cc3cn[nH]c3-c3ccc(F)cc3)CC2CO)CC1. The Morgan fingerprint density at radius 2 is 1.86 bits per heavy atom. The third-order valence-electron chi connectivity index (χ3n) is 6.44. The molecule has 0 saturated carbocycles. The van der Waals surface area contributed by atoms with Gasteiger partial charge in [0.2, 0.25) is 0 Å². The van der Waals surface area contributed by atoms with Crippen molar-refractivity contribution in [2.24, 2.45) is 11.8 Å². The minimum absolute atomic E-state index is 0.234. The van der Waals surface area contributed by atoms with Crippen LogP contribution in [0.25, 0.3) is 11.3 Å². The molecule has 1 aromatic carbocycles. The number of H-pyrrole nitrogens is 1. The monoisotopic (exact) mass is 401 g/mol. The molecule has 4 rings (SSSR count). The summed E-state index contributed by atoms with van der Waals surface area (Å²) in [4.78, 5) is 7.40. The Bertz CT molecular complexity index is 780. The molecule has 29 heavy (non-hydrogen) atoms. The Kier molecular flexibility index (Phi) is 6.60. The number of rotatable bonds is 6. The second-order valence-corrected chi connectivity index (χ2v) is 8.63. The maximum atomic E-state index is 13.3. The zero-order valence-corrected chi connectivity index (χ0v) is 17.2. The van der Waals surface area contributed by atoms with Crippen LogP contribution in [0.1, 0.15) is 12.0 Å². The van der Waals surface area contributed by atoms with E-state index in [4.69, 9.17) is 0 Å². The number of aliphatic hydroxyl groups excluding tert-OH is 1. The number of aliphatic hydroxyl groups is 1. The largest absolute Gasteiger partial charge is 0.396 e. The Hall–Kier alpha value is -1.80. The molecule has 1 aromatic heterocycles. The number of benzene rings is 1. The van der Waals surface area contributed by atoms with Crippen LogP contribution in [-0.2, 0) is 6.54 Å². The highest BCUT2D eigenvalue weighted by Crippen LogP contribution is 2.28. The molecule has 2 fully saturated rings.